The fourth-order valence-electron chi connectivity index (χ4n) is 2.09. The first kappa shape index (κ1) is 14.6. The molecular formula is C12H17N5O2S. The lowest BCUT2D eigenvalue weighted by Gasteiger charge is -2.26. The van der Waals surface area contributed by atoms with E-state index < -0.39 is 11.4 Å². The van der Waals surface area contributed by atoms with Crippen LogP contribution in [0.1, 0.15) is 31.7 Å². The van der Waals surface area contributed by atoms with Gasteiger partial charge in [0.1, 0.15) is 5.69 Å². The Morgan fingerprint density at radius 1 is 1.45 bits per heavy atom. The number of hydrogen-bond donors (Lipinski definition) is 1. The molecule has 2 rings (SSSR count). The van der Waals surface area contributed by atoms with Crippen molar-refractivity contribution < 1.29 is 9.90 Å². The summed E-state index contributed by atoms with van der Waals surface area (Å²) in [6.45, 7) is 5.89. The average Bonchev–Trinajstić information content (AvgIpc) is 3.04. The Morgan fingerprint density at radius 2 is 2.15 bits per heavy atom. The van der Waals surface area contributed by atoms with Gasteiger partial charge in [-0.2, -0.15) is 0 Å². The maximum absolute atomic E-state index is 11.6. The van der Waals surface area contributed by atoms with E-state index in [0.29, 0.717) is 24.4 Å². The highest BCUT2D eigenvalue weighted by Crippen LogP contribution is 2.30. The average molecular weight is 295 g/mol. The molecule has 0 saturated heterocycles. The quantitative estimate of drug-likeness (QED) is 0.876. The Labute approximate surface area is 120 Å². The second-order valence-electron chi connectivity index (χ2n) is 4.70. The molecule has 8 heteroatoms. The highest BCUT2D eigenvalue weighted by atomic mass is 32.1. The standard InChI is InChI=1S/C12H17N5O2S/c1-4-12(5-2,11(18)19)7-17-10(14-15-16-17)9-6-20-8(3)13-9/h6H,4-5,7H2,1-3H3,(H,18,19). The number of aryl methyl sites for hydroxylation is 1. The minimum atomic E-state index is -0.852. The molecule has 0 saturated carbocycles. The van der Waals surface area contributed by atoms with Crippen molar-refractivity contribution in [2.75, 3.05) is 0 Å². The third-order valence-corrected chi connectivity index (χ3v) is 4.41. The number of nitrogens with zero attached hydrogens (tertiary/aromatic N) is 5. The molecule has 7 nitrogen and oxygen atoms in total. The van der Waals surface area contributed by atoms with Crippen LogP contribution < -0.4 is 0 Å². The van der Waals surface area contributed by atoms with Crippen molar-refractivity contribution in [2.45, 2.75) is 40.2 Å². The van der Waals surface area contributed by atoms with Gasteiger partial charge >= 0.3 is 5.97 Å². The molecule has 0 atom stereocenters. The van der Waals surface area contributed by atoms with Crippen molar-refractivity contribution in [3.63, 3.8) is 0 Å². The maximum Gasteiger partial charge on any atom is 0.311 e. The molecule has 0 radical (unpaired) electrons. The van der Waals surface area contributed by atoms with Crippen molar-refractivity contribution in [3.8, 4) is 11.5 Å². The van der Waals surface area contributed by atoms with E-state index in [4.69, 9.17) is 0 Å². The largest absolute Gasteiger partial charge is 0.481 e. The van der Waals surface area contributed by atoms with Crippen LogP contribution in [0.4, 0.5) is 0 Å². The third kappa shape index (κ3) is 2.55. The van der Waals surface area contributed by atoms with Gasteiger partial charge in [-0.25, -0.2) is 9.67 Å². The summed E-state index contributed by atoms with van der Waals surface area (Å²) < 4.78 is 1.54. The van der Waals surface area contributed by atoms with Gasteiger partial charge in [-0.15, -0.1) is 16.4 Å². The van der Waals surface area contributed by atoms with E-state index in [2.05, 4.69) is 20.5 Å². The van der Waals surface area contributed by atoms with Crippen LogP contribution in [0.15, 0.2) is 5.38 Å². The first-order valence-corrected chi connectivity index (χ1v) is 7.32. The molecule has 0 aliphatic heterocycles. The number of hydrogen-bond acceptors (Lipinski definition) is 6. The number of aromatic nitrogens is 5. The Bertz CT molecular complexity index is 603. The van der Waals surface area contributed by atoms with Gasteiger partial charge in [0, 0.05) is 5.38 Å². The SMILES string of the molecule is CCC(CC)(Cn1nnnc1-c1csc(C)n1)C(=O)O. The number of tetrazole rings is 1. The number of aliphatic carboxylic acids is 1. The predicted molar refractivity (Wildman–Crippen MR) is 74.3 cm³/mol. The number of carboxylic acid groups (broad SMARTS) is 1. The van der Waals surface area contributed by atoms with Gasteiger partial charge in [-0.3, -0.25) is 4.79 Å². The van der Waals surface area contributed by atoms with Crippen LogP contribution in [-0.4, -0.2) is 36.3 Å². The summed E-state index contributed by atoms with van der Waals surface area (Å²) in [7, 11) is 0. The Balaban J connectivity index is 2.35. The summed E-state index contributed by atoms with van der Waals surface area (Å²) in [5.74, 6) is -0.305. The van der Waals surface area contributed by atoms with E-state index in [9.17, 15) is 9.90 Å². The lowest BCUT2D eigenvalue weighted by atomic mass is 9.82. The van der Waals surface area contributed by atoms with Crippen molar-refractivity contribution in [1.29, 1.82) is 0 Å². The zero-order valence-corrected chi connectivity index (χ0v) is 12.5. The lowest BCUT2D eigenvalue weighted by molar-refractivity contribution is -0.150. The summed E-state index contributed by atoms with van der Waals surface area (Å²) >= 11 is 1.51. The minimum absolute atomic E-state index is 0.244. The first-order valence-electron chi connectivity index (χ1n) is 6.44. The zero-order valence-electron chi connectivity index (χ0n) is 11.7. The second kappa shape index (κ2) is 5.66. The topological polar surface area (TPSA) is 93.8 Å². The number of carboxylic acids is 1. The molecule has 2 aromatic heterocycles. The van der Waals surface area contributed by atoms with E-state index in [-0.39, 0.29) is 6.54 Å². The molecule has 0 spiro atoms. The van der Waals surface area contributed by atoms with Crippen LogP contribution in [0.2, 0.25) is 0 Å². The van der Waals surface area contributed by atoms with Crippen LogP contribution in [0.25, 0.3) is 11.5 Å². The van der Waals surface area contributed by atoms with Crippen molar-refractivity contribution in [1.82, 2.24) is 25.2 Å². The smallest absolute Gasteiger partial charge is 0.311 e. The van der Waals surface area contributed by atoms with Gasteiger partial charge in [-0.1, -0.05) is 13.8 Å². The van der Waals surface area contributed by atoms with E-state index in [1.165, 1.54) is 16.0 Å². The Hall–Kier alpha value is -1.83. The van der Waals surface area contributed by atoms with Crippen LogP contribution in [0.3, 0.4) is 0 Å². The molecule has 0 unspecified atom stereocenters. The van der Waals surface area contributed by atoms with Gasteiger partial charge < -0.3 is 5.11 Å². The van der Waals surface area contributed by atoms with Crippen LogP contribution >= 0.6 is 11.3 Å². The highest BCUT2D eigenvalue weighted by Gasteiger charge is 2.36. The van der Waals surface area contributed by atoms with Gasteiger partial charge in [-0.05, 0) is 30.2 Å². The van der Waals surface area contributed by atoms with Crippen molar-refractivity contribution >= 4 is 17.3 Å². The number of carbonyl (C=O) groups is 1. The normalized spacial score (nSPS) is 11.8. The molecule has 0 aliphatic rings. The van der Waals surface area contributed by atoms with Crippen molar-refractivity contribution in [2.24, 2.45) is 5.41 Å². The molecule has 108 valence electrons. The molecule has 0 fully saturated rings. The maximum atomic E-state index is 11.6. The fourth-order valence-corrected chi connectivity index (χ4v) is 2.68. The summed E-state index contributed by atoms with van der Waals surface area (Å²) in [5, 5.41) is 23.8. The van der Waals surface area contributed by atoms with Crippen molar-refractivity contribution in [3.05, 3.63) is 10.4 Å². The minimum Gasteiger partial charge on any atom is -0.481 e. The molecule has 0 amide bonds. The number of thiazole rings is 1. The Kier molecular flexibility index (Phi) is 4.12. The molecule has 1 N–H and O–H groups in total. The molecule has 0 aliphatic carbocycles. The fraction of sp³-hybridized carbons (Fsp3) is 0.583. The second-order valence-corrected chi connectivity index (χ2v) is 5.77. The molecule has 0 bridgehead atoms. The van der Waals surface area contributed by atoms with Crippen LogP contribution in [-0.2, 0) is 11.3 Å². The van der Waals surface area contributed by atoms with Gasteiger partial charge in [0.2, 0.25) is 5.82 Å². The summed E-state index contributed by atoms with van der Waals surface area (Å²) in [5.41, 5.74) is -0.168. The molecule has 2 heterocycles. The predicted octanol–water partition coefficient (Wildman–Crippen LogP) is 2.00. The van der Waals surface area contributed by atoms with Gasteiger partial charge in [0.15, 0.2) is 0 Å². The zero-order chi connectivity index (χ0) is 14.8. The van der Waals surface area contributed by atoms with Gasteiger partial charge in [0.25, 0.3) is 0 Å². The Morgan fingerprint density at radius 3 is 2.65 bits per heavy atom. The summed E-state index contributed by atoms with van der Waals surface area (Å²) in [4.78, 5) is 15.9. The van der Waals surface area contributed by atoms with Crippen LogP contribution in [0, 0.1) is 12.3 Å². The van der Waals surface area contributed by atoms with Crippen LogP contribution in [0.5, 0.6) is 0 Å². The lowest BCUT2D eigenvalue weighted by Crippen LogP contribution is -2.35. The molecule has 20 heavy (non-hydrogen) atoms. The summed E-state index contributed by atoms with van der Waals surface area (Å²) in [6.07, 6.45) is 1.04. The third-order valence-electron chi connectivity index (χ3n) is 3.64. The highest BCUT2D eigenvalue weighted by molar-refractivity contribution is 7.09. The van der Waals surface area contributed by atoms with Gasteiger partial charge in [0.05, 0.1) is 17.0 Å². The summed E-state index contributed by atoms with van der Waals surface area (Å²) in [6, 6.07) is 0. The van der Waals surface area contributed by atoms with E-state index in [1.54, 1.807) is 0 Å². The molecular weight excluding hydrogens is 278 g/mol. The van der Waals surface area contributed by atoms with E-state index in [1.807, 2.05) is 26.2 Å². The molecule has 2 aromatic rings. The van der Waals surface area contributed by atoms with E-state index >= 15 is 0 Å². The monoisotopic (exact) mass is 295 g/mol. The number of rotatable bonds is 6. The van der Waals surface area contributed by atoms with E-state index in [0.717, 1.165) is 5.01 Å². The molecule has 0 aromatic carbocycles. The first-order chi connectivity index (χ1) is 9.52.